The average molecular weight is 543 g/mol. The zero-order valence-corrected chi connectivity index (χ0v) is 21.5. The van der Waals surface area contributed by atoms with E-state index in [1.165, 1.54) is 17.4 Å². The van der Waals surface area contributed by atoms with Gasteiger partial charge in [-0.25, -0.2) is 9.97 Å². The number of carbonyl (C=O) groups excluding carboxylic acids is 1. The Morgan fingerprint density at radius 3 is 2.51 bits per heavy atom. The Bertz CT molecular complexity index is 1530. The predicted octanol–water partition coefficient (Wildman–Crippen LogP) is 6.03. The molecule has 176 valence electrons. The number of methoxy groups -OCH3 is 1. The highest BCUT2D eigenvalue weighted by atomic mass is 35.5. The van der Waals surface area contributed by atoms with E-state index in [9.17, 15) is 14.9 Å². The second-order valence-electron chi connectivity index (χ2n) is 7.21. The van der Waals surface area contributed by atoms with E-state index >= 15 is 0 Å². The largest absolute Gasteiger partial charge is 0.497 e. The van der Waals surface area contributed by atoms with Crippen molar-refractivity contribution in [1.82, 2.24) is 15.0 Å². The van der Waals surface area contributed by atoms with Crippen LogP contribution in [0, 0.1) is 18.3 Å². The molecule has 4 rings (SSSR count). The van der Waals surface area contributed by atoms with Crippen molar-refractivity contribution in [2.75, 3.05) is 12.9 Å². The van der Waals surface area contributed by atoms with E-state index in [1.54, 1.807) is 26.2 Å². The Kier molecular flexibility index (Phi) is 7.57. The van der Waals surface area contributed by atoms with Gasteiger partial charge in [0, 0.05) is 11.1 Å². The quantitative estimate of drug-likeness (QED) is 0.172. The van der Waals surface area contributed by atoms with Crippen molar-refractivity contribution >= 4 is 52.1 Å². The van der Waals surface area contributed by atoms with Crippen LogP contribution in [0.2, 0.25) is 10.0 Å². The maximum Gasteiger partial charge on any atom is 0.270 e. The average Bonchev–Trinajstić information content (AvgIpc) is 3.25. The molecule has 0 radical (unpaired) electrons. The van der Waals surface area contributed by atoms with Gasteiger partial charge in [-0.15, -0.1) is 11.3 Å². The van der Waals surface area contributed by atoms with Crippen LogP contribution in [-0.4, -0.2) is 33.6 Å². The van der Waals surface area contributed by atoms with E-state index in [0.29, 0.717) is 21.2 Å². The molecule has 0 aliphatic heterocycles. The first kappa shape index (κ1) is 24.9. The topological polar surface area (TPSA) is 109 Å². The van der Waals surface area contributed by atoms with Crippen LogP contribution in [0.5, 0.6) is 5.75 Å². The Balaban J connectivity index is 1.57. The molecule has 2 heterocycles. The highest BCUT2D eigenvalue weighted by molar-refractivity contribution is 7.99. The Labute approximate surface area is 218 Å². The number of nitriles is 1. The fourth-order valence-corrected chi connectivity index (χ4v) is 5.32. The number of carbonyl (C=O) groups is 1. The molecule has 0 unspecified atom stereocenters. The van der Waals surface area contributed by atoms with Gasteiger partial charge < -0.3 is 9.72 Å². The summed E-state index contributed by atoms with van der Waals surface area (Å²) in [5, 5.41) is 11.0. The van der Waals surface area contributed by atoms with Crippen molar-refractivity contribution < 1.29 is 9.53 Å². The molecular formula is C24H16Cl2N4O3S2. The molecule has 0 fully saturated rings. The Morgan fingerprint density at radius 2 is 1.86 bits per heavy atom. The lowest BCUT2D eigenvalue weighted by Crippen LogP contribution is -2.15. The van der Waals surface area contributed by atoms with Gasteiger partial charge in [0.05, 0.1) is 39.2 Å². The molecule has 0 aliphatic rings. The van der Waals surface area contributed by atoms with Gasteiger partial charge >= 0.3 is 0 Å². The number of halogens is 2. The number of nitrogens with one attached hydrogen (secondary N) is 1. The van der Waals surface area contributed by atoms with Gasteiger partial charge in [-0.05, 0) is 43.3 Å². The van der Waals surface area contributed by atoms with Gasteiger partial charge in [-0.1, -0.05) is 41.0 Å². The number of benzene rings is 2. The smallest absolute Gasteiger partial charge is 0.270 e. The minimum Gasteiger partial charge on any atom is -0.497 e. The number of Topliss-reactive ketones (excluding diaryl/α,β-unsaturated/α-hetero) is 1. The molecule has 0 amide bonds. The zero-order chi connectivity index (χ0) is 25.1. The van der Waals surface area contributed by atoms with Gasteiger partial charge in [0.1, 0.15) is 22.4 Å². The number of hydrogen-bond acceptors (Lipinski definition) is 8. The molecule has 11 heteroatoms. The maximum absolute atomic E-state index is 13.0. The SMILES string of the molecule is COc1ccc(-c2nc(C)c(C(=O)CSc3nc(-c4ccc(Cl)c(Cl)c4)c(C#N)c(=O)[nH]3)s2)cc1. The molecule has 0 spiro atoms. The van der Waals surface area contributed by atoms with Crippen LogP contribution in [-0.2, 0) is 0 Å². The van der Waals surface area contributed by atoms with Crippen LogP contribution >= 0.6 is 46.3 Å². The molecule has 35 heavy (non-hydrogen) atoms. The van der Waals surface area contributed by atoms with Crippen molar-refractivity contribution in [3.8, 4) is 33.6 Å². The zero-order valence-electron chi connectivity index (χ0n) is 18.4. The van der Waals surface area contributed by atoms with Crippen LogP contribution in [0.15, 0.2) is 52.4 Å². The lowest BCUT2D eigenvalue weighted by atomic mass is 10.1. The molecule has 2 aromatic heterocycles. The fourth-order valence-electron chi connectivity index (χ4n) is 3.19. The summed E-state index contributed by atoms with van der Waals surface area (Å²) in [5.74, 6) is 0.618. The summed E-state index contributed by atoms with van der Waals surface area (Å²) < 4.78 is 5.18. The van der Waals surface area contributed by atoms with E-state index in [-0.39, 0.29) is 33.0 Å². The molecular weight excluding hydrogens is 527 g/mol. The number of thiazole rings is 1. The molecule has 0 bridgehead atoms. The number of H-pyrrole nitrogens is 1. The van der Waals surface area contributed by atoms with E-state index in [1.807, 2.05) is 30.3 Å². The minimum atomic E-state index is -0.603. The molecule has 0 aliphatic carbocycles. The minimum absolute atomic E-state index is 0.0285. The van der Waals surface area contributed by atoms with Crippen molar-refractivity contribution in [2.45, 2.75) is 12.1 Å². The van der Waals surface area contributed by atoms with Gasteiger partial charge in [0.2, 0.25) is 0 Å². The third kappa shape index (κ3) is 5.41. The van der Waals surface area contributed by atoms with E-state index < -0.39 is 5.56 Å². The third-order valence-electron chi connectivity index (χ3n) is 4.93. The molecule has 0 saturated heterocycles. The monoisotopic (exact) mass is 542 g/mol. The van der Waals surface area contributed by atoms with Crippen molar-refractivity contribution in [3.63, 3.8) is 0 Å². The number of aryl methyl sites for hydroxylation is 1. The molecule has 1 N–H and O–H groups in total. The third-order valence-corrected chi connectivity index (χ3v) is 7.79. The maximum atomic E-state index is 13.0. The standard InChI is InChI=1S/C24H16Cl2N4O3S2/c1-12-21(35-23(28-12)13-3-6-15(33-2)7-4-13)19(31)11-34-24-29-20(16(10-27)22(32)30-24)14-5-8-17(25)18(26)9-14/h3-9H,11H2,1-2H3,(H,29,30,32). The summed E-state index contributed by atoms with van der Waals surface area (Å²) in [4.78, 5) is 37.5. The summed E-state index contributed by atoms with van der Waals surface area (Å²) in [6, 6.07) is 14.0. The van der Waals surface area contributed by atoms with Gasteiger partial charge in [-0.2, -0.15) is 5.26 Å². The first-order valence-electron chi connectivity index (χ1n) is 10.1. The van der Waals surface area contributed by atoms with Gasteiger partial charge in [0.15, 0.2) is 10.9 Å². The molecule has 0 atom stereocenters. The van der Waals surface area contributed by atoms with E-state index in [0.717, 1.165) is 28.1 Å². The summed E-state index contributed by atoms with van der Waals surface area (Å²) in [6.07, 6.45) is 0. The highest BCUT2D eigenvalue weighted by Crippen LogP contribution is 2.32. The summed E-state index contributed by atoms with van der Waals surface area (Å²) in [7, 11) is 1.60. The number of aromatic nitrogens is 3. The lowest BCUT2D eigenvalue weighted by molar-refractivity contribution is 0.102. The number of thioether (sulfide) groups is 1. The number of ketones is 1. The number of nitrogens with zero attached hydrogens (tertiary/aromatic N) is 3. The van der Waals surface area contributed by atoms with Gasteiger partial charge in [-0.3, -0.25) is 9.59 Å². The molecule has 2 aromatic carbocycles. The number of hydrogen-bond donors (Lipinski definition) is 1. The predicted molar refractivity (Wildman–Crippen MR) is 139 cm³/mol. The van der Waals surface area contributed by atoms with Crippen LogP contribution < -0.4 is 10.3 Å². The van der Waals surface area contributed by atoms with Crippen LogP contribution in [0.4, 0.5) is 0 Å². The summed E-state index contributed by atoms with van der Waals surface area (Å²) >= 11 is 14.4. The normalized spacial score (nSPS) is 10.7. The highest BCUT2D eigenvalue weighted by Gasteiger charge is 2.19. The van der Waals surface area contributed by atoms with E-state index in [4.69, 9.17) is 27.9 Å². The Morgan fingerprint density at radius 1 is 1.14 bits per heavy atom. The molecule has 4 aromatic rings. The van der Waals surface area contributed by atoms with Crippen molar-refractivity contribution in [3.05, 3.63) is 79.0 Å². The summed E-state index contributed by atoms with van der Waals surface area (Å²) in [6.45, 7) is 1.78. The Hall–Kier alpha value is -3.16. The number of ether oxygens (including phenoxy) is 1. The lowest BCUT2D eigenvalue weighted by Gasteiger charge is -2.07. The van der Waals surface area contributed by atoms with Gasteiger partial charge in [0.25, 0.3) is 5.56 Å². The first-order valence-corrected chi connectivity index (χ1v) is 12.6. The number of rotatable bonds is 7. The fraction of sp³-hybridized carbons (Fsp3) is 0.125. The second kappa shape index (κ2) is 10.6. The van der Waals surface area contributed by atoms with Crippen molar-refractivity contribution in [1.29, 1.82) is 5.26 Å². The number of aromatic amines is 1. The first-order chi connectivity index (χ1) is 16.8. The van der Waals surface area contributed by atoms with Crippen LogP contribution in [0.25, 0.3) is 21.8 Å². The van der Waals surface area contributed by atoms with Crippen molar-refractivity contribution in [2.24, 2.45) is 0 Å². The second-order valence-corrected chi connectivity index (χ2v) is 9.99. The van der Waals surface area contributed by atoms with E-state index in [2.05, 4.69) is 15.0 Å². The van der Waals surface area contributed by atoms with Crippen LogP contribution in [0.1, 0.15) is 20.9 Å². The van der Waals surface area contributed by atoms with Crippen LogP contribution in [0.3, 0.4) is 0 Å². The summed E-state index contributed by atoms with van der Waals surface area (Å²) in [5.41, 5.74) is 1.40. The molecule has 0 saturated carbocycles. The molecule has 7 nitrogen and oxygen atoms in total.